The maximum atomic E-state index is 10.2. The first kappa shape index (κ1) is 15.5. The number of hydrogen-bond acceptors (Lipinski definition) is 5. The first-order valence-electron chi connectivity index (χ1n) is 7.71. The van der Waals surface area contributed by atoms with E-state index in [1.165, 1.54) is 0 Å². The fraction of sp³-hybridized carbons (Fsp3) is 0.600. The molecule has 0 radical (unpaired) electrons. The van der Waals surface area contributed by atoms with Crippen molar-refractivity contribution in [1.29, 1.82) is 0 Å². The summed E-state index contributed by atoms with van der Waals surface area (Å²) in [6.45, 7) is 6.65. The molecule has 0 aromatic carbocycles. The molecule has 1 fully saturated rings. The number of ether oxygens (including phenoxy) is 1. The lowest BCUT2D eigenvalue weighted by Crippen LogP contribution is -2.37. The van der Waals surface area contributed by atoms with Gasteiger partial charge in [0.25, 0.3) is 6.01 Å². The molecule has 0 unspecified atom stereocenters. The Morgan fingerprint density at radius 1 is 1.41 bits per heavy atom. The lowest BCUT2D eigenvalue weighted by Gasteiger charge is -2.28. The zero-order chi connectivity index (χ0) is 15.5. The molecule has 1 aliphatic rings. The minimum Gasteiger partial charge on any atom is -0.480 e. The highest BCUT2D eigenvalue weighted by Crippen LogP contribution is 2.29. The van der Waals surface area contributed by atoms with Crippen LogP contribution in [0, 0.1) is 0 Å². The minimum absolute atomic E-state index is 0.0126. The maximum Gasteiger partial charge on any atom is 0.296 e. The van der Waals surface area contributed by atoms with Gasteiger partial charge in [-0.1, -0.05) is 18.5 Å². The molecular formula is C15H21ClN4O2. The van der Waals surface area contributed by atoms with Crippen molar-refractivity contribution < 1.29 is 9.84 Å². The molecule has 120 valence electrons. The molecule has 2 aromatic rings. The minimum atomic E-state index is 0.0126. The van der Waals surface area contributed by atoms with Gasteiger partial charge in [0.1, 0.15) is 0 Å². The molecule has 1 saturated heterocycles. The zero-order valence-corrected chi connectivity index (χ0v) is 13.5. The molecule has 0 saturated carbocycles. The standard InChI is InChI=1S/C15H21ClN4O2/c1-2-12(3-4-19-5-7-22-8-6-19)20-13-9-11(16)10-17-14(13)18-15(20)21/h9-10,12H,2-8H2,1H3,(H,17,18,21)/t12-/m1/s1. The summed E-state index contributed by atoms with van der Waals surface area (Å²) in [5, 5.41) is 10.8. The fourth-order valence-electron chi connectivity index (χ4n) is 2.97. The fourth-order valence-corrected chi connectivity index (χ4v) is 3.13. The SMILES string of the molecule is CC[C@H](CCN1CCOCC1)n1c(O)nc2ncc(Cl)cc21. The van der Waals surface area contributed by atoms with Crippen LogP contribution in [0.1, 0.15) is 25.8 Å². The van der Waals surface area contributed by atoms with Crippen molar-refractivity contribution in [3.63, 3.8) is 0 Å². The summed E-state index contributed by atoms with van der Waals surface area (Å²) in [5.74, 6) is 0. The summed E-state index contributed by atoms with van der Waals surface area (Å²) in [6, 6.07) is 2.00. The van der Waals surface area contributed by atoms with Gasteiger partial charge in [-0.2, -0.15) is 4.98 Å². The molecule has 2 aromatic heterocycles. The number of imidazole rings is 1. The van der Waals surface area contributed by atoms with Gasteiger partial charge in [-0.3, -0.25) is 9.47 Å². The van der Waals surface area contributed by atoms with Crippen LogP contribution in [0.25, 0.3) is 11.2 Å². The van der Waals surface area contributed by atoms with E-state index in [-0.39, 0.29) is 12.1 Å². The molecule has 7 heteroatoms. The van der Waals surface area contributed by atoms with Crippen LogP contribution in [-0.2, 0) is 4.74 Å². The number of aromatic nitrogens is 3. The number of nitrogens with zero attached hydrogens (tertiary/aromatic N) is 4. The van der Waals surface area contributed by atoms with Gasteiger partial charge in [0.2, 0.25) is 0 Å². The van der Waals surface area contributed by atoms with Crippen LogP contribution in [0.2, 0.25) is 5.02 Å². The molecule has 0 amide bonds. The van der Waals surface area contributed by atoms with E-state index >= 15 is 0 Å². The summed E-state index contributed by atoms with van der Waals surface area (Å²) in [6.07, 6.45) is 3.41. The second-order valence-corrected chi connectivity index (χ2v) is 6.02. The van der Waals surface area contributed by atoms with Crippen LogP contribution in [-0.4, -0.2) is 57.4 Å². The molecular weight excluding hydrogens is 304 g/mol. The van der Waals surface area contributed by atoms with Crippen molar-refractivity contribution in [3.05, 3.63) is 17.3 Å². The van der Waals surface area contributed by atoms with Crippen molar-refractivity contribution in [2.24, 2.45) is 0 Å². The predicted molar refractivity (Wildman–Crippen MR) is 85.4 cm³/mol. The van der Waals surface area contributed by atoms with E-state index in [0.717, 1.165) is 51.2 Å². The van der Waals surface area contributed by atoms with Crippen LogP contribution in [0.15, 0.2) is 12.3 Å². The van der Waals surface area contributed by atoms with Gasteiger partial charge < -0.3 is 9.84 Å². The lowest BCUT2D eigenvalue weighted by atomic mass is 10.1. The van der Waals surface area contributed by atoms with Gasteiger partial charge in [0.05, 0.1) is 23.8 Å². The van der Waals surface area contributed by atoms with Crippen LogP contribution < -0.4 is 0 Å². The third-order valence-electron chi connectivity index (χ3n) is 4.21. The average molecular weight is 325 g/mol. The largest absolute Gasteiger partial charge is 0.480 e. The van der Waals surface area contributed by atoms with E-state index in [9.17, 15) is 5.11 Å². The number of hydrogen-bond donors (Lipinski definition) is 1. The first-order valence-corrected chi connectivity index (χ1v) is 8.09. The third-order valence-corrected chi connectivity index (χ3v) is 4.42. The Labute approximate surface area is 134 Å². The topological polar surface area (TPSA) is 63.4 Å². The molecule has 1 N–H and O–H groups in total. The van der Waals surface area contributed by atoms with E-state index in [0.29, 0.717) is 10.7 Å². The van der Waals surface area contributed by atoms with Crippen LogP contribution >= 0.6 is 11.6 Å². The summed E-state index contributed by atoms with van der Waals surface area (Å²) in [7, 11) is 0. The van der Waals surface area contributed by atoms with Crippen molar-refractivity contribution in [1.82, 2.24) is 19.4 Å². The number of morpholine rings is 1. The second kappa shape index (κ2) is 6.81. The Bertz CT molecular complexity index is 640. The van der Waals surface area contributed by atoms with E-state index < -0.39 is 0 Å². The van der Waals surface area contributed by atoms with E-state index in [4.69, 9.17) is 16.3 Å². The summed E-state index contributed by atoms with van der Waals surface area (Å²) in [4.78, 5) is 10.7. The van der Waals surface area contributed by atoms with Crippen LogP contribution in [0.5, 0.6) is 6.01 Å². The zero-order valence-electron chi connectivity index (χ0n) is 12.7. The van der Waals surface area contributed by atoms with Crippen molar-refractivity contribution in [2.75, 3.05) is 32.8 Å². The third kappa shape index (κ3) is 3.19. The van der Waals surface area contributed by atoms with Crippen molar-refractivity contribution in [3.8, 4) is 6.01 Å². The van der Waals surface area contributed by atoms with Gasteiger partial charge in [-0.15, -0.1) is 0 Å². The van der Waals surface area contributed by atoms with E-state index in [2.05, 4.69) is 21.8 Å². The maximum absolute atomic E-state index is 10.2. The first-order chi connectivity index (χ1) is 10.7. The quantitative estimate of drug-likeness (QED) is 0.915. The Morgan fingerprint density at radius 3 is 2.91 bits per heavy atom. The Morgan fingerprint density at radius 2 is 2.18 bits per heavy atom. The predicted octanol–water partition coefficient (Wildman–Crippen LogP) is 2.46. The van der Waals surface area contributed by atoms with Gasteiger partial charge in [0.15, 0.2) is 5.65 Å². The Balaban J connectivity index is 1.80. The van der Waals surface area contributed by atoms with Gasteiger partial charge in [0, 0.05) is 31.9 Å². The molecule has 3 rings (SSSR count). The normalized spacial score (nSPS) is 17.9. The van der Waals surface area contributed by atoms with Crippen LogP contribution in [0.3, 0.4) is 0 Å². The molecule has 1 aliphatic heterocycles. The molecule has 1 atom stereocenters. The highest BCUT2D eigenvalue weighted by Gasteiger charge is 2.20. The molecule has 0 spiro atoms. The number of fused-ring (bicyclic) bond motifs is 1. The van der Waals surface area contributed by atoms with E-state index in [1.807, 2.05) is 10.6 Å². The highest BCUT2D eigenvalue weighted by molar-refractivity contribution is 6.31. The molecule has 0 aliphatic carbocycles. The van der Waals surface area contributed by atoms with Crippen molar-refractivity contribution >= 4 is 22.8 Å². The van der Waals surface area contributed by atoms with Crippen LogP contribution in [0.4, 0.5) is 0 Å². The lowest BCUT2D eigenvalue weighted by molar-refractivity contribution is 0.0355. The molecule has 0 bridgehead atoms. The van der Waals surface area contributed by atoms with Gasteiger partial charge in [-0.05, 0) is 18.9 Å². The summed E-state index contributed by atoms with van der Waals surface area (Å²) >= 11 is 6.04. The Hall–Kier alpha value is -1.37. The number of halogens is 1. The monoisotopic (exact) mass is 324 g/mol. The number of rotatable bonds is 5. The van der Waals surface area contributed by atoms with E-state index in [1.54, 1.807) is 6.20 Å². The smallest absolute Gasteiger partial charge is 0.296 e. The molecule has 3 heterocycles. The second-order valence-electron chi connectivity index (χ2n) is 5.58. The van der Waals surface area contributed by atoms with Gasteiger partial charge >= 0.3 is 0 Å². The summed E-state index contributed by atoms with van der Waals surface area (Å²) < 4.78 is 7.23. The highest BCUT2D eigenvalue weighted by atomic mass is 35.5. The van der Waals surface area contributed by atoms with Crippen molar-refractivity contribution in [2.45, 2.75) is 25.8 Å². The Kier molecular flexibility index (Phi) is 4.81. The average Bonchev–Trinajstić information content (AvgIpc) is 2.85. The van der Waals surface area contributed by atoms with Gasteiger partial charge in [-0.25, -0.2) is 4.98 Å². The molecule has 6 nitrogen and oxygen atoms in total. The number of pyridine rings is 1. The number of aromatic hydroxyl groups is 1. The summed E-state index contributed by atoms with van der Waals surface area (Å²) in [5.41, 5.74) is 1.32. The molecule has 22 heavy (non-hydrogen) atoms.